The topological polar surface area (TPSA) is 87.9 Å². The van der Waals surface area contributed by atoms with Crippen molar-refractivity contribution in [1.82, 2.24) is 10.2 Å². The Morgan fingerprint density at radius 1 is 1.07 bits per heavy atom. The molecule has 2 heterocycles. The lowest BCUT2D eigenvalue weighted by Gasteiger charge is -2.46. The van der Waals surface area contributed by atoms with Crippen LogP contribution >= 0.6 is 0 Å². The Bertz CT molecular complexity index is 879. The summed E-state index contributed by atoms with van der Waals surface area (Å²) >= 11 is 0. The van der Waals surface area contributed by atoms with Crippen LogP contribution in [0, 0.1) is 0 Å². The van der Waals surface area contributed by atoms with Crippen LogP contribution in [-0.4, -0.2) is 43.2 Å². The van der Waals surface area contributed by atoms with Crippen molar-refractivity contribution in [1.29, 1.82) is 0 Å². The maximum atomic E-state index is 13.0. The quantitative estimate of drug-likeness (QED) is 0.835. The highest BCUT2D eigenvalue weighted by atomic mass is 16.6. The van der Waals surface area contributed by atoms with Gasteiger partial charge in [-0.15, -0.1) is 0 Å². The van der Waals surface area contributed by atoms with Crippen LogP contribution < -0.4 is 16.0 Å². The number of fused-ring (bicyclic) bond motifs is 2. The number of nitrogens with one attached hydrogen (secondary N) is 1. The van der Waals surface area contributed by atoms with Crippen LogP contribution in [0.3, 0.4) is 0 Å². The molecule has 0 atom stereocenters. The lowest BCUT2D eigenvalue weighted by atomic mass is 9.82. The van der Waals surface area contributed by atoms with Crippen LogP contribution in [0.4, 0.5) is 15.3 Å². The molecule has 3 N–H and O–H groups in total. The Morgan fingerprint density at radius 3 is 2.48 bits per heavy atom. The minimum Gasteiger partial charge on any atom is -0.437 e. The molecule has 29 heavy (non-hydrogen) atoms. The molecular formula is C22H26N4O3. The van der Waals surface area contributed by atoms with E-state index in [0.29, 0.717) is 45.6 Å². The number of rotatable bonds is 4. The van der Waals surface area contributed by atoms with Crippen LogP contribution in [0.2, 0.25) is 0 Å². The molecule has 2 aliphatic heterocycles. The van der Waals surface area contributed by atoms with Gasteiger partial charge in [-0.3, -0.25) is 4.90 Å². The van der Waals surface area contributed by atoms with Crippen LogP contribution in [0.25, 0.3) is 0 Å². The van der Waals surface area contributed by atoms with Gasteiger partial charge in [0.05, 0.1) is 12.2 Å². The number of amides is 3. The van der Waals surface area contributed by atoms with Gasteiger partial charge in [0.25, 0.3) is 0 Å². The highest BCUT2D eigenvalue weighted by Gasteiger charge is 2.47. The molecule has 0 saturated carbocycles. The van der Waals surface area contributed by atoms with E-state index in [4.69, 9.17) is 10.5 Å². The molecule has 1 spiro atoms. The number of carbonyl (C=O) groups excluding carboxylic acids is 2. The van der Waals surface area contributed by atoms with E-state index in [1.54, 1.807) is 9.80 Å². The second-order valence-corrected chi connectivity index (χ2v) is 7.46. The number of carbonyl (C=O) groups is 2. The van der Waals surface area contributed by atoms with Gasteiger partial charge in [-0.25, -0.2) is 9.59 Å². The zero-order chi connectivity index (χ0) is 20.3. The second kappa shape index (κ2) is 8.13. The molecule has 152 valence electrons. The van der Waals surface area contributed by atoms with Crippen LogP contribution in [0.15, 0.2) is 54.6 Å². The van der Waals surface area contributed by atoms with Crippen molar-refractivity contribution in [2.24, 2.45) is 5.73 Å². The molecule has 7 nitrogen and oxygen atoms in total. The molecule has 2 aromatic carbocycles. The van der Waals surface area contributed by atoms with Crippen molar-refractivity contribution in [3.8, 4) is 0 Å². The van der Waals surface area contributed by atoms with Gasteiger partial charge >= 0.3 is 12.1 Å². The maximum absolute atomic E-state index is 13.0. The predicted molar refractivity (Wildman–Crippen MR) is 110 cm³/mol. The van der Waals surface area contributed by atoms with Crippen molar-refractivity contribution in [2.45, 2.75) is 25.0 Å². The zero-order valence-electron chi connectivity index (χ0n) is 16.3. The Morgan fingerprint density at radius 2 is 1.76 bits per heavy atom. The van der Waals surface area contributed by atoms with Crippen molar-refractivity contribution < 1.29 is 14.3 Å². The van der Waals surface area contributed by atoms with E-state index in [-0.39, 0.29) is 12.1 Å². The smallest absolute Gasteiger partial charge is 0.415 e. The lowest BCUT2D eigenvalue weighted by molar-refractivity contribution is -0.0349. The monoisotopic (exact) mass is 394 g/mol. The predicted octanol–water partition coefficient (Wildman–Crippen LogP) is 2.80. The molecule has 1 fully saturated rings. The number of anilines is 1. The molecule has 0 radical (unpaired) electrons. The first-order valence-electron chi connectivity index (χ1n) is 10.00. The van der Waals surface area contributed by atoms with Gasteiger partial charge in [0.1, 0.15) is 5.60 Å². The summed E-state index contributed by atoms with van der Waals surface area (Å²) in [5, 5.41) is 2.80. The van der Waals surface area contributed by atoms with Crippen LogP contribution in [-0.2, 0) is 16.9 Å². The number of nitrogens with two attached hydrogens (primary N) is 1. The molecule has 2 aliphatic rings. The summed E-state index contributed by atoms with van der Waals surface area (Å²) in [5.74, 6) is 0. The third-order valence-electron chi connectivity index (χ3n) is 5.65. The van der Waals surface area contributed by atoms with E-state index >= 15 is 0 Å². The van der Waals surface area contributed by atoms with E-state index in [1.165, 1.54) is 0 Å². The maximum Gasteiger partial charge on any atom is 0.415 e. The highest BCUT2D eigenvalue weighted by Crippen LogP contribution is 2.45. The second-order valence-electron chi connectivity index (χ2n) is 7.46. The zero-order valence-corrected chi connectivity index (χ0v) is 16.3. The number of likely N-dealkylation sites (tertiary alicyclic amines) is 1. The first kappa shape index (κ1) is 19.3. The fraction of sp³-hybridized carbons (Fsp3) is 0.364. The average molecular weight is 394 g/mol. The molecular weight excluding hydrogens is 368 g/mol. The molecule has 0 aromatic heterocycles. The summed E-state index contributed by atoms with van der Waals surface area (Å²) in [4.78, 5) is 28.7. The summed E-state index contributed by atoms with van der Waals surface area (Å²) < 4.78 is 6.04. The first-order chi connectivity index (χ1) is 14.1. The minimum atomic E-state index is -0.689. The minimum absolute atomic E-state index is 0.119. The first-order valence-corrected chi connectivity index (χ1v) is 10.00. The molecule has 1 saturated heterocycles. The fourth-order valence-corrected chi connectivity index (χ4v) is 4.12. The number of nitrogens with zero attached hydrogens (tertiary/aromatic N) is 2. The van der Waals surface area contributed by atoms with Gasteiger partial charge in [0.2, 0.25) is 0 Å². The Labute approximate surface area is 170 Å². The number of ether oxygens (including phenoxy) is 1. The number of hydrogen-bond acceptors (Lipinski definition) is 4. The van der Waals surface area contributed by atoms with E-state index in [1.807, 2.05) is 54.6 Å². The standard InChI is InChI=1S/C22H26N4O3/c23-12-13-24-20(27)25-14-10-22(11-15-25)18-8-4-5-9-19(18)26(21(28)29-22)16-17-6-2-1-3-7-17/h1-9H,10-16,23H2,(H,24,27). The van der Waals surface area contributed by atoms with Crippen molar-refractivity contribution in [3.05, 3.63) is 65.7 Å². The summed E-state index contributed by atoms with van der Waals surface area (Å²) in [5.41, 5.74) is 7.71. The molecule has 3 amide bonds. The Hall–Kier alpha value is -3.06. The third kappa shape index (κ3) is 3.78. The highest BCUT2D eigenvalue weighted by molar-refractivity contribution is 5.91. The van der Waals surface area contributed by atoms with Crippen LogP contribution in [0.5, 0.6) is 0 Å². The molecule has 0 aliphatic carbocycles. The fourth-order valence-electron chi connectivity index (χ4n) is 4.12. The number of piperidine rings is 1. The Balaban J connectivity index is 1.56. The summed E-state index contributed by atoms with van der Waals surface area (Å²) in [6, 6.07) is 17.7. The molecule has 2 aromatic rings. The van der Waals surface area contributed by atoms with E-state index in [0.717, 1.165) is 16.8 Å². The summed E-state index contributed by atoms with van der Waals surface area (Å²) in [6.07, 6.45) is 0.809. The molecule has 4 rings (SSSR count). The number of urea groups is 1. The third-order valence-corrected chi connectivity index (χ3v) is 5.65. The largest absolute Gasteiger partial charge is 0.437 e. The average Bonchev–Trinajstić information content (AvgIpc) is 2.76. The number of para-hydroxylation sites is 1. The lowest BCUT2D eigenvalue weighted by Crippen LogP contribution is -2.54. The molecule has 0 unspecified atom stereocenters. The van der Waals surface area contributed by atoms with Gasteiger partial charge in [0.15, 0.2) is 0 Å². The molecule has 7 heteroatoms. The SMILES string of the molecule is NCCNC(=O)N1CCC2(CC1)OC(=O)N(Cc1ccccc1)c1ccccc12. The van der Waals surface area contributed by atoms with E-state index < -0.39 is 5.60 Å². The van der Waals surface area contributed by atoms with Gasteiger partial charge in [0, 0.05) is 44.6 Å². The van der Waals surface area contributed by atoms with Crippen molar-refractivity contribution in [2.75, 3.05) is 31.1 Å². The van der Waals surface area contributed by atoms with Gasteiger partial charge < -0.3 is 20.7 Å². The molecule has 0 bridgehead atoms. The Kier molecular flexibility index (Phi) is 5.40. The van der Waals surface area contributed by atoms with Gasteiger partial charge in [-0.1, -0.05) is 48.5 Å². The van der Waals surface area contributed by atoms with E-state index in [2.05, 4.69) is 5.32 Å². The summed E-state index contributed by atoms with van der Waals surface area (Å²) in [7, 11) is 0. The van der Waals surface area contributed by atoms with E-state index in [9.17, 15) is 9.59 Å². The van der Waals surface area contributed by atoms with Crippen molar-refractivity contribution >= 4 is 17.8 Å². The van der Waals surface area contributed by atoms with Crippen molar-refractivity contribution in [3.63, 3.8) is 0 Å². The van der Waals surface area contributed by atoms with Crippen LogP contribution in [0.1, 0.15) is 24.0 Å². The number of hydrogen-bond donors (Lipinski definition) is 2. The van der Waals surface area contributed by atoms with Gasteiger partial charge in [-0.2, -0.15) is 0 Å². The van der Waals surface area contributed by atoms with Gasteiger partial charge in [-0.05, 0) is 11.6 Å². The summed E-state index contributed by atoms with van der Waals surface area (Å²) in [6.45, 7) is 2.37. The normalized spacial score (nSPS) is 17.6. The number of benzene rings is 2.